The van der Waals surface area contributed by atoms with Gasteiger partial charge >= 0.3 is 0 Å². The fraction of sp³-hybridized carbons (Fsp3) is 0.500. The van der Waals surface area contributed by atoms with Crippen molar-refractivity contribution in [3.8, 4) is 6.07 Å². The van der Waals surface area contributed by atoms with Gasteiger partial charge in [0.15, 0.2) is 0 Å². The van der Waals surface area contributed by atoms with E-state index in [4.69, 9.17) is 5.26 Å². The van der Waals surface area contributed by atoms with Gasteiger partial charge in [0.05, 0.1) is 5.56 Å². The molecule has 0 radical (unpaired) electrons. The van der Waals surface area contributed by atoms with Gasteiger partial charge in [0.1, 0.15) is 11.9 Å². The van der Waals surface area contributed by atoms with Crippen molar-refractivity contribution < 1.29 is 0 Å². The van der Waals surface area contributed by atoms with Gasteiger partial charge in [0.25, 0.3) is 0 Å². The standard InChI is InChI=1S/C12H16N4/c13-7-10-4-5-12(15-8-10)16-9-11-3-1-2-6-14-11/h4-5,8,11,14H,1-3,6,9H2,(H,15,16)/t11-/m0/s1. The van der Waals surface area contributed by atoms with E-state index in [1.807, 2.05) is 6.07 Å². The minimum atomic E-state index is 0.547. The lowest BCUT2D eigenvalue weighted by molar-refractivity contribution is 0.414. The quantitative estimate of drug-likeness (QED) is 0.804. The number of nitrogens with zero attached hydrogens (tertiary/aromatic N) is 2. The second-order valence-electron chi connectivity index (χ2n) is 4.07. The van der Waals surface area contributed by atoms with Crippen molar-refractivity contribution in [3.63, 3.8) is 0 Å². The maximum atomic E-state index is 8.64. The van der Waals surface area contributed by atoms with E-state index in [1.54, 1.807) is 12.3 Å². The number of nitrogens with one attached hydrogen (secondary N) is 2. The normalized spacial score (nSPS) is 20.1. The molecule has 2 rings (SSSR count). The molecule has 0 amide bonds. The van der Waals surface area contributed by atoms with E-state index in [0.717, 1.165) is 18.9 Å². The van der Waals surface area contributed by atoms with Crippen molar-refractivity contribution in [1.29, 1.82) is 5.26 Å². The minimum Gasteiger partial charge on any atom is -0.369 e. The van der Waals surface area contributed by atoms with Crippen LogP contribution in [0.25, 0.3) is 0 Å². The van der Waals surface area contributed by atoms with Gasteiger partial charge in [-0.2, -0.15) is 5.26 Å². The molecule has 1 saturated heterocycles. The van der Waals surface area contributed by atoms with Crippen LogP contribution in [0.3, 0.4) is 0 Å². The second kappa shape index (κ2) is 5.47. The molecule has 4 heteroatoms. The van der Waals surface area contributed by atoms with Gasteiger partial charge in [-0.05, 0) is 31.5 Å². The van der Waals surface area contributed by atoms with Crippen LogP contribution < -0.4 is 10.6 Å². The van der Waals surface area contributed by atoms with E-state index < -0.39 is 0 Å². The molecular weight excluding hydrogens is 200 g/mol. The second-order valence-corrected chi connectivity index (χ2v) is 4.07. The van der Waals surface area contributed by atoms with Crippen LogP contribution in [0, 0.1) is 11.3 Å². The summed E-state index contributed by atoms with van der Waals surface area (Å²) in [4.78, 5) is 4.17. The summed E-state index contributed by atoms with van der Waals surface area (Å²) in [5.74, 6) is 0.839. The fourth-order valence-electron chi connectivity index (χ4n) is 1.89. The topological polar surface area (TPSA) is 60.7 Å². The summed E-state index contributed by atoms with van der Waals surface area (Å²) < 4.78 is 0. The number of aromatic nitrogens is 1. The molecule has 0 aliphatic carbocycles. The molecule has 1 aliphatic rings. The smallest absolute Gasteiger partial charge is 0.126 e. The number of anilines is 1. The SMILES string of the molecule is N#Cc1ccc(NC[C@@H]2CCCCN2)nc1. The van der Waals surface area contributed by atoms with E-state index in [-0.39, 0.29) is 0 Å². The lowest BCUT2D eigenvalue weighted by Gasteiger charge is -2.23. The summed E-state index contributed by atoms with van der Waals surface area (Å²) in [7, 11) is 0. The Morgan fingerprint density at radius 3 is 3.06 bits per heavy atom. The summed E-state index contributed by atoms with van der Waals surface area (Å²) >= 11 is 0. The Bertz CT molecular complexity index is 360. The van der Waals surface area contributed by atoms with Gasteiger partial charge < -0.3 is 10.6 Å². The molecule has 4 nitrogen and oxygen atoms in total. The van der Waals surface area contributed by atoms with E-state index in [9.17, 15) is 0 Å². The van der Waals surface area contributed by atoms with Crippen LogP contribution in [0.2, 0.25) is 0 Å². The number of hydrogen-bond donors (Lipinski definition) is 2. The highest BCUT2D eigenvalue weighted by molar-refractivity contribution is 5.39. The van der Waals surface area contributed by atoms with Gasteiger partial charge in [-0.25, -0.2) is 4.98 Å². The third kappa shape index (κ3) is 2.94. The highest BCUT2D eigenvalue weighted by atomic mass is 15.0. The number of nitriles is 1. The van der Waals surface area contributed by atoms with E-state index in [0.29, 0.717) is 11.6 Å². The summed E-state index contributed by atoms with van der Waals surface area (Å²) in [5.41, 5.74) is 0.598. The summed E-state index contributed by atoms with van der Waals surface area (Å²) in [6, 6.07) is 6.23. The van der Waals surface area contributed by atoms with Crippen molar-refractivity contribution in [3.05, 3.63) is 23.9 Å². The zero-order valence-corrected chi connectivity index (χ0v) is 9.24. The summed E-state index contributed by atoms with van der Waals surface area (Å²) in [5, 5.41) is 15.4. The van der Waals surface area contributed by atoms with Gasteiger partial charge in [-0.1, -0.05) is 6.42 Å². The molecule has 0 unspecified atom stereocenters. The first-order valence-electron chi connectivity index (χ1n) is 5.72. The van der Waals surface area contributed by atoms with Gasteiger partial charge in [0.2, 0.25) is 0 Å². The molecule has 16 heavy (non-hydrogen) atoms. The number of hydrogen-bond acceptors (Lipinski definition) is 4. The Kier molecular flexibility index (Phi) is 3.73. The van der Waals surface area contributed by atoms with Crippen LogP contribution in [-0.2, 0) is 0 Å². The Morgan fingerprint density at radius 2 is 2.44 bits per heavy atom. The highest BCUT2D eigenvalue weighted by Crippen LogP contribution is 2.09. The van der Waals surface area contributed by atoms with Crippen LogP contribution in [-0.4, -0.2) is 24.1 Å². The van der Waals surface area contributed by atoms with Crippen molar-refractivity contribution in [2.45, 2.75) is 25.3 Å². The van der Waals surface area contributed by atoms with E-state index in [1.165, 1.54) is 19.3 Å². The largest absolute Gasteiger partial charge is 0.369 e. The molecule has 0 spiro atoms. The molecule has 1 aromatic rings. The Morgan fingerprint density at radius 1 is 1.50 bits per heavy atom. The van der Waals surface area contributed by atoms with Gasteiger partial charge in [-0.3, -0.25) is 0 Å². The Labute approximate surface area is 95.7 Å². The zero-order valence-electron chi connectivity index (χ0n) is 9.24. The first-order chi connectivity index (χ1) is 7.88. The molecule has 1 fully saturated rings. The van der Waals surface area contributed by atoms with Crippen molar-refractivity contribution in [2.24, 2.45) is 0 Å². The molecule has 1 atom stereocenters. The Hall–Kier alpha value is -1.60. The average Bonchev–Trinajstić information content (AvgIpc) is 2.38. The molecule has 1 aromatic heterocycles. The molecule has 1 aliphatic heterocycles. The predicted octanol–water partition coefficient (Wildman–Crippen LogP) is 1.51. The zero-order chi connectivity index (χ0) is 11.2. The van der Waals surface area contributed by atoms with E-state index in [2.05, 4.69) is 21.7 Å². The molecule has 2 heterocycles. The lowest BCUT2D eigenvalue weighted by atomic mass is 10.1. The van der Waals surface area contributed by atoms with Crippen LogP contribution in [0.15, 0.2) is 18.3 Å². The third-order valence-corrected chi connectivity index (χ3v) is 2.83. The van der Waals surface area contributed by atoms with Crippen LogP contribution in [0.1, 0.15) is 24.8 Å². The molecule has 0 aromatic carbocycles. The van der Waals surface area contributed by atoms with Crippen LogP contribution in [0.5, 0.6) is 0 Å². The predicted molar refractivity (Wildman–Crippen MR) is 63.1 cm³/mol. The van der Waals surface area contributed by atoms with Crippen molar-refractivity contribution in [1.82, 2.24) is 10.3 Å². The number of rotatable bonds is 3. The first kappa shape index (κ1) is 10.9. The summed E-state index contributed by atoms with van der Waals surface area (Å²) in [6.07, 6.45) is 5.41. The van der Waals surface area contributed by atoms with Crippen molar-refractivity contribution in [2.75, 3.05) is 18.4 Å². The third-order valence-electron chi connectivity index (χ3n) is 2.83. The molecule has 84 valence electrons. The monoisotopic (exact) mass is 216 g/mol. The first-order valence-corrected chi connectivity index (χ1v) is 5.72. The minimum absolute atomic E-state index is 0.547. The number of piperidine rings is 1. The van der Waals surface area contributed by atoms with Gasteiger partial charge in [-0.15, -0.1) is 0 Å². The molecule has 2 N–H and O–H groups in total. The average molecular weight is 216 g/mol. The molecule has 0 bridgehead atoms. The maximum Gasteiger partial charge on any atom is 0.126 e. The fourth-order valence-corrected chi connectivity index (χ4v) is 1.89. The van der Waals surface area contributed by atoms with Crippen molar-refractivity contribution >= 4 is 5.82 Å². The lowest BCUT2D eigenvalue weighted by Crippen LogP contribution is -2.39. The van der Waals surface area contributed by atoms with Gasteiger partial charge in [0, 0.05) is 18.8 Å². The highest BCUT2D eigenvalue weighted by Gasteiger charge is 2.11. The number of pyridine rings is 1. The Balaban J connectivity index is 1.82. The maximum absolute atomic E-state index is 8.64. The summed E-state index contributed by atoms with van der Waals surface area (Å²) in [6.45, 7) is 2.02. The molecule has 0 saturated carbocycles. The van der Waals surface area contributed by atoms with E-state index >= 15 is 0 Å². The van der Waals surface area contributed by atoms with Crippen LogP contribution >= 0.6 is 0 Å². The molecular formula is C12H16N4. The van der Waals surface area contributed by atoms with Crippen LogP contribution in [0.4, 0.5) is 5.82 Å².